The molecule has 2 aliphatic rings. The van der Waals surface area contributed by atoms with Crippen molar-refractivity contribution < 1.29 is 23.8 Å². The Morgan fingerprint density at radius 2 is 1.81 bits per heavy atom. The number of nitrogens with one attached hydrogen (secondary N) is 3. The van der Waals surface area contributed by atoms with E-state index in [1.807, 2.05) is 73.7 Å². The molecule has 2 aliphatic heterocycles. The highest BCUT2D eigenvalue weighted by molar-refractivity contribution is 6.35. The van der Waals surface area contributed by atoms with E-state index in [9.17, 15) is 9.59 Å². The summed E-state index contributed by atoms with van der Waals surface area (Å²) in [6.45, 7) is 1.96. The first-order chi connectivity index (χ1) is 17.5. The third-order valence-corrected chi connectivity index (χ3v) is 6.19. The van der Waals surface area contributed by atoms with Crippen LogP contribution in [0.3, 0.4) is 0 Å². The number of hydrazone groups is 1. The summed E-state index contributed by atoms with van der Waals surface area (Å²) >= 11 is 0. The summed E-state index contributed by atoms with van der Waals surface area (Å²) in [7, 11) is 1.62. The van der Waals surface area contributed by atoms with Gasteiger partial charge in [0.05, 0.1) is 24.9 Å². The molecule has 9 nitrogen and oxygen atoms in total. The van der Waals surface area contributed by atoms with E-state index in [0.717, 1.165) is 28.1 Å². The van der Waals surface area contributed by atoms with E-state index >= 15 is 0 Å². The molecule has 3 aromatic rings. The van der Waals surface area contributed by atoms with Gasteiger partial charge in [0.15, 0.2) is 11.5 Å². The number of nitrogens with zero attached hydrogens (tertiary/aromatic N) is 1. The Kier molecular flexibility index (Phi) is 6.44. The van der Waals surface area contributed by atoms with Gasteiger partial charge in [0.2, 0.25) is 6.79 Å². The average molecular weight is 487 g/mol. The van der Waals surface area contributed by atoms with Gasteiger partial charge >= 0.3 is 11.8 Å². The summed E-state index contributed by atoms with van der Waals surface area (Å²) in [6.07, 6.45) is 0.460. The fraction of sp³-hybridized carbons (Fsp3) is 0.222. The van der Waals surface area contributed by atoms with Gasteiger partial charge in [-0.25, -0.2) is 5.43 Å². The number of methoxy groups -OCH3 is 1. The predicted molar refractivity (Wildman–Crippen MR) is 134 cm³/mol. The third kappa shape index (κ3) is 4.81. The van der Waals surface area contributed by atoms with Crippen molar-refractivity contribution in [3.63, 3.8) is 0 Å². The SMILES string of the molecule is COc1cccc(C2C/C(=N\NC(=O)C(=O)NC(C)c3ccccc3)c3cc4c(cc3N2)OCO4)c1. The summed E-state index contributed by atoms with van der Waals surface area (Å²) < 4.78 is 16.4. The van der Waals surface area contributed by atoms with Crippen LogP contribution in [0.5, 0.6) is 17.2 Å². The molecule has 36 heavy (non-hydrogen) atoms. The largest absolute Gasteiger partial charge is 0.497 e. The fourth-order valence-corrected chi connectivity index (χ4v) is 4.26. The van der Waals surface area contributed by atoms with Crippen molar-refractivity contribution in [2.24, 2.45) is 5.10 Å². The van der Waals surface area contributed by atoms with Gasteiger partial charge in [-0.15, -0.1) is 0 Å². The average Bonchev–Trinajstić information content (AvgIpc) is 3.38. The van der Waals surface area contributed by atoms with Crippen molar-refractivity contribution in [3.8, 4) is 17.2 Å². The van der Waals surface area contributed by atoms with Crippen molar-refractivity contribution in [3.05, 3.63) is 83.4 Å². The van der Waals surface area contributed by atoms with Gasteiger partial charge in [-0.1, -0.05) is 42.5 Å². The number of anilines is 1. The van der Waals surface area contributed by atoms with Crippen LogP contribution in [-0.4, -0.2) is 31.4 Å². The van der Waals surface area contributed by atoms with Crippen molar-refractivity contribution in [1.29, 1.82) is 0 Å². The molecule has 0 bridgehead atoms. The van der Waals surface area contributed by atoms with E-state index < -0.39 is 11.8 Å². The Hall–Kier alpha value is -4.53. The highest BCUT2D eigenvalue weighted by atomic mass is 16.7. The molecule has 2 heterocycles. The number of ether oxygens (including phenoxy) is 3. The van der Waals surface area contributed by atoms with Crippen LogP contribution in [0.15, 0.2) is 71.8 Å². The highest BCUT2D eigenvalue weighted by Gasteiger charge is 2.29. The van der Waals surface area contributed by atoms with E-state index in [4.69, 9.17) is 14.2 Å². The molecule has 9 heteroatoms. The molecule has 2 amide bonds. The van der Waals surface area contributed by atoms with Gasteiger partial charge in [-0.3, -0.25) is 9.59 Å². The number of rotatable bonds is 5. The zero-order valence-corrected chi connectivity index (χ0v) is 19.9. The monoisotopic (exact) mass is 486 g/mol. The normalized spacial score (nSPS) is 17.5. The number of carbonyl (C=O) groups excluding carboxylic acids is 2. The van der Waals surface area contributed by atoms with E-state index in [-0.39, 0.29) is 18.9 Å². The second-order valence-electron chi connectivity index (χ2n) is 8.53. The second-order valence-corrected chi connectivity index (χ2v) is 8.53. The summed E-state index contributed by atoms with van der Waals surface area (Å²) in [4.78, 5) is 25.1. The number of hydrogen-bond donors (Lipinski definition) is 3. The summed E-state index contributed by atoms with van der Waals surface area (Å²) in [6, 6.07) is 20.4. The van der Waals surface area contributed by atoms with Gasteiger partial charge in [0.1, 0.15) is 5.75 Å². The van der Waals surface area contributed by atoms with Gasteiger partial charge in [0, 0.05) is 23.7 Å². The third-order valence-electron chi connectivity index (χ3n) is 6.19. The molecule has 184 valence electrons. The van der Waals surface area contributed by atoms with Crippen LogP contribution in [0.25, 0.3) is 0 Å². The first kappa shape index (κ1) is 23.2. The molecule has 0 radical (unpaired) electrons. The van der Waals surface area contributed by atoms with Crippen LogP contribution < -0.4 is 30.3 Å². The smallest absolute Gasteiger partial charge is 0.329 e. The number of fused-ring (bicyclic) bond motifs is 2. The molecule has 0 saturated carbocycles. The summed E-state index contributed by atoms with van der Waals surface area (Å²) in [5.41, 5.74) is 6.46. The minimum Gasteiger partial charge on any atom is -0.497 e. The van der Waals surface area contributed by atoms with Crippen LogP contribution in [0.4, 0.5) is 5.69 Å². The topological polar surface area (TPSA) is 110 Å². The molecule has 2 atom stereocenters. The molecule has 0 aromatic heterocycles. The predicted octanol–water partition coefficient (Wildman–Crippen LogP) is 3.68. The summed E-state index contributed by atoms with van der Waals surface area (Å²) in [5.74, 6) is 0.361. The lowest BCUT2D eigenvalue weighted by molar-refractivity contribution is -0.139. The Morgan fingerprint density at radius 3 is 2.58 bits per heavy atom. The Labute approximate surface area is 208 Å². The number of carbonyl (C=O) groups is 2. The van der Waals surface area contributed by atoms with E-state index in [0.29, 0.717) is 23.6 Å². The molecular weight excluding hydrogens is 460 g/mol. The minimum absolute atomic E-state index is 0.139. The number of hydrogen-bond acceptors (Lipinski definition) is 7. The Balaban J connectivity index is 1.38. The maximum absolute atomic E-state index is 12.6. The van der Waals surface area contributed by atoms with Crippen LogP contribution in [0, 0.1) is 0 Å². The molecule has 0 fully saturated rings. The lowest BCUT2D eigenvalue weighted by atomic mass is 9.91. The molecule has 0 spiro atoms. The van der Waals surface area contributed by atoms with E-state index in [1.165, 1.54) is 0 Å². The lowest BCUT2D eigenvalue weighted by Gasteiger charge is -2.29. The first-order valence-electron chi connectivity index (χ1n) is 11.6. The second kappa shape index (κ2) is 9.99. The zero-order valence-electron chi connectivity index (χ0n) is 19.9. The van der Waals surface area contributed by atoms with Gasteiger partial charge in [-0.2, -0.15) is 5.10 Å². The maximum atomic E-state index is 12.6. The van der Waals surface area contributed by atoms with Gasteiger partial charge < -0.3 is 24.8 Å². The summed E-state index contributed by atoms with van der Waals surface area (Å²) in [5, 5.41) is 10.6. The molecular formula is C27H26N4O5. The van der Waals surface area contributed by atoms with Gasteiger partial charge in [0.25, 0.3) is 0 Å². The molecule has 2 unspecified atom stereocenters. The molecule has 0 saturated heterocycles. The fourth-order valence-electron chi connectivity index (χ4n) is 4.26. The van der Waals surface area contributed by atoms with Crippen LogP contribution >= 0.6 is 0 Å². The maximum Gasteiger partial charge on any atom is 0.329 e. The Morgan fingerprint density at radius 1 is 1.03 bits per heavy atom. The molecule has 3 aromatic carbocycles. The number of amides is 2. The zero-order chi connectivity index (χ0) is 25.1. The van der Waals surface area contributed by atoms with Crippen LogP contribution in [0.2, 0.25) is 0 Å². The van der Waals surface area contributed by atoms with Crippen molar-refractivity contribution in [2.45, 2.75) is 25.4 Å². The quantitative estimate of drug-likeness (QED) is 0.375. The van der Waals surface area contributed by atoms with Crippen molar-refractivity contribution >= 4 is 23.2 Å². The lowest BCUT2D eigenvalue weighted by Crippen LogP contribution is -2.39. The van der Waals surface area contributed by atoms with Gasteiger partial charge in [-0.05, 0) is 36.2 Å². The molecule has 5 rings (SSSR count). The van der Waals surface area contributed by atoms with Crippen molar-refractivity contribution in [1.82, 2.24) is 10.7 Å². The minimum atomic E-state index is -0.843. The first-order valence-corrected chi connectivity index (χ1v) is 11.6. The van der Waals surface area contributed by atoms with E-state index in [1.54, 1.807) is 7.11 Å². The van der Waals surface area contributed by atoms with Crippen LogP contribution in [-0.2, 0) is 9.59 Å². The van der Waals surface area contributed by atoms with Crippen molar-refractivity contribution in [2.75, 3.05) is 19.2 Å². The Bertz CT molecular complexity index is 1320. The number of benzene rings is 3. The standard InChI is InChI=1S/C27H26N4O5/c1-16(17-7-4-3-5-8-17)28-26(32)27(33)31-30-23-13-21(18-9-6-10-19(11-18)34-2)29-22-14-25-24(12-20(22)23)35-15-36-25/h3-12,14,16,21,29H,13,15H2,1-2H3,(H,28,32)(H,31,33)/b30-23+. The molecule has 3 N–H and O–H groups in total. The van der Waals surface area contributed by atoms with Crippen LogP contribution in [0.1, 0.15) is 42.1 Å². The molecule has 0 aliphatic carbocycles. The highest BCUT2D eigenvalue weighted by Crippen LogP contribution is 2.42. The van der Waals surface area contributed by atoms with E-state index in [2.05, 4.69) is 21.2 Å².